The van der Waals surface area contributed by atoms with Gasteiger partial charge >= 0.3 is 6.16 Å². The maximum Gasteiger partial charge on any atom is 0.514 e. The Balaban J connectivity index is 1.57. The number of ketones is 1. The topological polar surface area (TPSA) is 94.2 Å². The molecule has 35 heavy (non-hydrogen) atoms. The van der Waals surface area contributed by atoms with E-state index in [0.717, 1.165) is 5.56 Å². The molecule has 3 fully saturated rings. The van der Waals surface area contributed by atoms with Crippen LogP contribution in [0.1, 0.15) is 39.7 Å². The largest absolute Gasteiger partial charge is 0.514 e. The van der Waals surface area contributed by atoms with Crippen molar-refractivity contribution in [2.75, 3.05) is 0 Å². The number of nitrogens with one attached hydrogen (secondary N) is 1. The van der Waals surface area contributed by atoms with Gasteiger partial charge in [-0.25, -0.2) is 4.79 Å². The number of rotatable bonds is 2. The highest BCUT2D eigenvalue weighted by molar-refractivity contribution is 5.92. The highest BCUT2D eigenvalue weighted by Crippen LogP contribution is 2.63. The molecule has 1 aliphatic carbocycles. The summed E-state index contributed by atoms with van der Waals surface area (Å²) in [5.74, 6) is -1.76. The minimum absolute atomic E-state index is 0.0515. The molecular weight excluding hydrogens is 446 g/mol. The fourth-order valence-electron chi connectivity index (χ4n) is 6.47. The highest BCUT2D eigenvalue weighted by atomic mass is 16.7. The summed E-state index contributed by atoms with van der Waals surface area (Å²) >= 11 is 0. The molecule has 1 aromatic rings. The van der Waals surface area contributed by atoms with E-state index in [9.17, 15) is 14.4 Å². The number of ether oxygens (including phenoxy) is 3. The molecule has 5 rings (SSSR count). The van der Waals surface area contributed by atoms with Gasteiger partial charge in [0.2, 0.25) is 5.60 Å². The monoisotopic (exact) mass is 479 g/mol. The van der Waals surface area contributed by atoms with Crippen LogP contribution in [0.4, 0.5) is 4.79 Å². The van der Waals surface area contributed by atoms with Crippen LogP contribution in [0.2, 0.25) is 0 Å². The Kier molecular flexibility index (Phi) is 5.86. The highest BCUT2D eigenvalue weighted by Gasteiger charge is 2.78. The van der Waals surface area contributed by atoms with Crippen molar-refractivity contribution >= 4 is 17.8 Å². The molecule has 0 radical (unpaired) electrons. The third-order valence-electron chi connectivity index (χ3n) is 8.60. The van der Waals surface area contributed by atoms with E-state index in [-0.39, 0.29) is 41.6 Å². The number of carbonyl (C=O) groups is 3. The fraction of sp³-hybridized carbons (Fsp3) is 0.536. The van der Waals surface area contributed by atoms with E-state index in [1.807, 2.05) is 49.4 Å². The van der Waals surface area contributed by atoms with E-state index in [0.29, 0.717) is 12.8 Å². The number of benzene rings is 1. The quantitative estimate of drug-likeness (QED) is 0.392. The Hall–Kier alpha value is -2.93. The molecule has 1 N–H and O–H groups in total. The first-order valence-electron chi connectivity index (χ1n) is 12.5. The zero-order valence-corrected chi connectivity index (χ0v) is 20.6. The number of hydrogen-bond acceptors (Lipinski definition) is 6. The molecule has 1 aromatic carbocycles. The first-order chi connectivity index (χ1) is 16.7. The molecule has 3 aliphatic heterocycles. The molecule has 1 amide bonds. The van der Waals surface area contributed by atoms with Crippen LogP contribution in [0, 0.1) is 29.6 Å². The van der Waals surface area contributed by atoms with Gasteiger partial charge in [0.1, 0.15) is 5.78 Å². The van der Waals surface area contributed by atoms with Crippen molar-refractivity contribution in [1.82, 2.24) is 5.32 Å². The molecular formula is C28H33NO6. The lowest BCUT2D eigenvalue weighted by molar-refractivity contribution is -0.153. The summed E-state index contributed by atoms with van der Waals surface area (Å²) < 4.78 is 17.5. The van der Waals surface area contributed by atoms with Gasteiger partial charge in [0.05, 0.1) is 23.9 Å². The standard InChI is InChI=1S/C28H33NO6/c1-16-9-8-12-20-24-27(4,34-24)18(3)22-21(15-19-10-6-5-7-11-19)29-25(31)28(20,22)35-26(32)33-14-13-17(2)23(16)30/h5-8,10-14,16-18,20-22,24H,9,15H2,1-4H3,(H,29,31)/b12-8+,14-13+/t16-,17-,18-,20-,21-,22-,24?,27+,28+/m0/s1. The predicted molar refractivity (Wildman–Crippen MR) is 128 cm³/mol. The summed E-state index contributed by atoms with van der Waals surface area (Å²) in [7, 11) is 0. The Morgan fingerprint density at radius 2 is 1.80 bits per heavy atom. The fourth-order valence-corrected chi connectivity index (χ4v) is 6.47. The molecule has 0 bridgehead atoms. The maximum absolute atomic E-state index is 13.8. The molecule has 7 nitrogen and oxygen atoms in total. The van der Waals surface area contributed by atoms with Gasteiger partial charge in [0, 0.05) is 23.8 Å². The first-order valence-corrected chi connectivity index (χ1v) is 12.5. The van der Waals surface area contributed by atoms with Crippen molar-refractivity contribution in [2.45, 2.75) is 63.9 Å². The molecule has 2 saturated heterocycles. The van der Waals surface area contributed by atoms with Gasteiger partial charge in [0.25, 0.3) is 5.91 Å². The summed E-state index contributed by atoms with van der Waals surface area (Å²) in [4.78, 5) is 39.4. The zero-order valence-electron chi connectivity index (χ0n) is 20.6. The third kappa shape index (κ3) is 3.80. The summed E-state index contributed by atoms with van der Waals surface area (Å²) in [6, 6.07) is 9.73. The van der Waals surface area contributed by atoms with Crippen molar-refractivity contribution in [3.05, 3.63) is 60.4 Å². The molecule has 186 valence electrons. The summed E-state index contributed by atoms with van der Waals surface area (Å²) in [5.41, 5.74) is -0.801. The van der Waals surface area contributed by atoms with Crippen molar-refractivity contribution in [2.24, 2.45) is 29.6 Å². The van der Waals surface area contributed by atoms with E-state index in [1.165, 1.54) is 6.26 Å². The SMILES string of the molecule is C[C@H]1/C=C/OC(=O)O[C@@]23C(=O)N[C@@H](Cc4ccccc4)[C@@H]2[C@H](C)[C@@]2(C)OC2[C@@H]3/C=C/C[C@H](C)C1=O. The predicted octanol–water partition coefficient (Wildman–Crippen LogP) is 3.97. The van der Waals surface area contributed by atoms with Crippen molar-refractivity contribution < 1.29 is 28.6 Å². The van der Waals surface area contributed by atoms with Crippen LogP contribution in [0.15, 0.2) is 54.8 Å². The van der Waals surface area contributed by atoms with Gasteiger partial charge in [-0.15, -0.1) is 0 Å². The number of fused-ring (bicyclic) bond motifs is 2. The molecule has 1 saturated carbocycles. The van der Waals surface area contributed by atoms with E-state index < -0.39 is 29.2 Å². The first kappa shape index (κ1) is 23.8. The van der Waals surface area contributed by atoms with Gasteiger partial charge in [0.15, 0.2) is 0 Å². The van der Waals surface area contributed by atoms with Crippen LogP contribution in [-0.2, 0) is 30.2 Å². The number of allylic oxidation sites excluding steroid dienone is 2. The van der Waals surface area contributed by atoms with Gasteiger partial charge in [-0.2, -0.15) is 0 Å². The van der Waals surface area contributed by atoms with Gasteiger partial charge < -0.3 is 19.5 Å². The van der Waals surface area contributed by atoms with E-state index in [2.05, 4.69) is 19.2 Å². The summed E-state index contributed by atoms with van der Waals surface area (Å²) in [6.45, 7) is 7.80. The number of Topliss-reactive ketones (excluding diaryl/α,β-unsaturated/α-hetero) is 1. The van der Waals surface area contributed by atoms with Crippen LogP contribution < -0.4 is 5.32 Å². The zero-order chi connectivity index (χ0) is 25.0. The van der Waals surface area contributed by atoms with Crippen LogP contribution in [0.5, 0.6) is 0 Å². The van der Waals surface area contributed by atoms with Gasteiger partial charge in [-0.05, 0) is 37.3 Å². The van der Waals surface area contributed by atoms with Crippen molar-refractivity contribution in [3.8, 4) is 0 Å². The molecule has 0 aromatic heterocycles. The van der Waals surface area contributed by atoms with E-state index >= 15 is 0 Å². The van der Waals surface area contributed by atoms with E-state index in [4.69, 9.17) is 14.2 Å². The van der Waals surface area contributed by atoms with Crippen LogP contribution in [0.25, 0.3) is 0 Å². The number of amides is 1. The minimum Gasteiger partial charge on any atom is -0.416 e. The second kappa shape index (κ2) is 8.63. The van der Waals surface area contributed by atoms with Crippen LogP contribution >= 0.6 is 0 Å². The minimum atomic E-state index is -1.46. The molecule has 1 unspecified atom stereocenters. The number of epoxide rings is 1. The van der Waals surface area contributed by atoms with Crippen molar-refractivity contribution in [1.29, 1.82) is 0 Å². The molecule has 1 spiro atoms. The molecule has 9 atom stereocenters. The number of carbonyl (C=O) groups excluding carboxylic acids is 3. The van der Waals surface area contributed by atoms with Crippen LogP contribution in [-0.4, -0.2) is 41.2 Å². The normalized spacial score (nSPS) is 44.6. The molecule has 7 heteroatoms. The lowest BCUT2D eigenvalue weighted by Gasteiger charge is -2.45. The maximum atomic E-state index is 13.8. The average Bonchev–Trinajstić information content (AvgIpc) is 3.45. The second-order valence-electron chi connectivity index (χ2n) is 10.7. The van der Waals surface area contributed by atoms with Gasteiger partial charge in [-0.1, -0.05) is 63.3 Å². The number of hydrogen-bond donors (Lipinski definition) is 1. The van der Waals surface area contributed by atoms with E-state index in [1.54, 1.807) is 13.0 Å². The Morgan fingerprint density at radius 3 is 2.54 bits per heavy atom. The third-order valence-corrected chi connectivity index (χ3v) is 8.60. The Labute approximate surface area is 205 Å². The van der Waals surface area contributed by atoms with Gasteiger partial charge in [-0.3, -0.25) is 9.59 Å². The molecule has 3 heterocycles. The summed E-state index contributed by atoms with van der Waals surface area (Å²) in [5, 5.41) is 3.16. The number of cyclic esters (lactones) is 1. The Morgan fingerprint density at radius 1 is 1.06 bits per heavy atom. The van der Waals surface area contributed by atoms with Crippen molar-refractivity contribution in [3.63, 3.8) is 0 Å². The van der Waals surface area contributed by atoms with Crippen LogP contribution in [0.3, 0.4) is 0 Å². The molecule has 4 aliphatic rings. The second-order valence-corrected chi connectivity index (χ2v) is 10.7. The average molecular weight is 480 g/mol. The Bertz CT molecular complexity index is 1080. The summed E-state index contributed by atoms with van der Waals surface area (Å²) in [6.07, 6.45) is 6.51. The lowest BCUT2D eigenvalue weighted by Crippen LogP contribution is -2.61. The smallest absolute Gasteiger partial charge is 0.416 e. The lowest BCUT2D eigenvalue weighted by atomic mass is 9.59.